The van der Waals surface area contributed by atoms with Gasteiger partial charge in [0.1, 0.15) is 5.75 Å². The number of carbonyl (C=O) groups excluding carboxylic acids is 2. The summed E-state index contributed by atoms with van der Waals surface area (Å²) < 4.78 is 146. The fourth-order valence-electron chi connectivity index (χ4n) is 2.49. The van der Waals surface area contributed by atoms with E-state index in [2.05, 4.69) is 14.2 Å². The minimum absolute atomic E-state index is 0.192. The van der Waals surface area contributed by atoms with E-state index in [4.69, 9.17) is 0 Å². The minimum Gasteiger partial charge on any atom is -0.743 e. The smallest absolute Gasteiger partial charge is 0.573 e. The molecule has 1 amide bonds. The maximum absolute atomic E-state index is 13.6. The largest absolute Gasteiger partial charge is 0.743 e. The number of benzene rings is 2. The summed E-state index contributed by atoms with van der Waals surface area (Å²) in [5, 5.41) is 6.89. The Kier molecular flexibility index (Phi) is 8.60. The Balaban J connectivity index is 2.30. The maximum atomic E-state index is 13.6. The lowest BCUT2D eigenvalue weighted by molar-refractivity contribution is -0.385. The second-order valence-corrected chi connectivity index (χ2v) is 8.32. The quantitative estimate of drug-likeness (QED) is 0.152. The van der Waals surface area contributed by atoms with Crippen LogP contribution in [0, 0.1) is 10.1 Å². The number of nitro benzene ring substituents is 1. The number of hydrogen-bond acceptors (Lipinski definition) is 10. The van der Waals surface area contributed by atoms with E-state index in [-0.39, 0.29) is 11.8 Å². The molecule has 0 aliphatic carbocycles. The first-order chi connectivity index (χ1) is 17.6. The van der Waals surface area contributed by atoms with Crippen molar-refractivity contribution in [3.05, 3.63) is 58.1 Å². The highest BCUT2D eigenvalue weighted by Gasteiger charge is 2.63. The number of rotatable bonds is 8. The van der Waals surface area contributed by atoms with Crippen LogP contribution in [0.2, 0.25) is 0 Å². The van der Waals surface area contributed by atoms with E-state index in [0.717, 1.165) is 24.3 Å². The first-order valence-electron chi connectivity index (χ1n) is 9.36. The van der Waals surface area contributed by atoms with Gasteiger partial charge in [-0.3, -0.25) is 15.4 Å². The topological polar surface area (TPSA) is 174 Å². The van der Waals surface area contributed by atoms with Gasteiger partial charge in [-0.2, -0.15) is 22.0 Å². The Bertz CT molecular complexity index is 1360. The first kappa shape index (κ1) is 31.0. The number of hydrogen-bond donors (Lipinski definition) is 1. The van der Waals surface area contributed by atoms with Crippen LogP contribution in [0.15, 0.2) is 42.5 Å². The number of halogens is 8. The van der Waals surface area contributed by atoms with Gasteiger partial charge in [0.2, 0.25) is 5.75 Å². The number of anilines is 1. The molecule has 1 unspecified atom stereocenters. The van der Waals surface area contributed by atoms with Crippen molar-refractivity contribution in [3.63, 3.8) is 0 Å². The first-order valence-corrected chi connectivity index (χ1v) is 10.8. The third-order valence-corrected chi connectivity index (χ3v) is 4.97. The molecule has 0 heterocycles. The van der Waals surface area contributed by atoms with Crippen molar-refractivity contribution in [2.75, 3.05) is 5.32 Å². The number of esters is 1. The average molecular weight is 597 g/mol. The summed E-state index contributed by atoms with van der Waals surface area (Å²) in [6, 6.07) is 4.15. The highest BCUT2D eigenvalue weighted by Crippen LogP contribution is 2.39. The molecule has 0 aliphatic heterocycles. The molecule has 21 heteroatoms. The number of ether oxygens (including phenoxy) is 3. The van der Waals surface area contributed by atoms with E-state index in [1.807, 2.05) is 5.32 Å². The highest BCUT2D eigenvalue weighted by molar-refractivity contribution is 7.86. The zero-order chi connectivity index (χ0) is 30.0. The zero-order valence-electron chi connectivity index (χ0n) is 18.1. The van der Waals surface area contributed by atoms with Crippen LogP contribution in [-0.2, 0) is 14.9 Å². The van der Waals surface area contributed by atoms with Gasteiger partial charge >= 0.3 is 35.5 Å². The number of alkyl halides is 8. The zero-order valence-corrected chi connectivity index (χ0v) is 18.9. The molecule has 2 aromatic carbocycles. The van der Waals surface area contributed by atoms with E-state index in [0.29, 0.717) is 12.1 Å². The Morgan fingerprint density at radius 3 is 1.97 bits per heavy atom. The van der Waals surface area contributed by atoms with Crippen LogP contribution < -0.4 is 14.8 Å². The van der Waals surface area contributed by atoms with E-state index in [1.165, 1.54) is 0 Å². The summed E-state index contributed by atoms with van der Waals surface area (Å²) in [6.07, 6.45) is -17.7. The molecule has 12 nitrogen and oxygen atoms in total. The molecule has 0 radical (unpaired) electrons. The van der Waals surface area contributed by atoms with E-state index in [1.54, 1.807) is 0 Å². The predicted molar refractivity (Wildman–Crippen MR) is 106 cm³/mol. The minimum atomic E-state index is -7.01. The van der Waals surface area contributed by atoms with Gasteiger partial charge in [-0.1, -0.05) is 0 Å². The molecule has 0 saturated carbocycles. The van der Waals surface area contributed by atoms with Crippen LogP contribution in [0.25, 0.3) is 0 Å². The number of carbonyl (C=O) groups is 2. The van der Waals surface area contributed by atoms with Gasteiger partial charge in [-0.25, -0.2) is 18.0 Å². The van der Waals surface area contributed by atoms with Gasteiger partial charge in [0.05, 0.1) is 10.5 Å². The lowest BCUT2D eigenvalue weighted by Gasteiger charge is -2.29. The summed E-state index contributed by atoms with van der Waals surface area (Å²) in [5.74, 6) is -4.23. The summed E-state index contributed by atoms with van der Waals surface area (Å²) in [5.41, 5.74) is -2.57. The Morgan fingerprint density at radius 2 is 1.51 bits per heavy atom. The summed E-state index contributed by atoms with van der Waals surface area (Å²) in [4.78, 5) is 34.1. The van der Waals surface area contributed by atoms with Crippen molar-refractivity contribution in [3.8, 4) is 11.5 Å². The van der Waals surface area contributed by atoms with Crippen LogP contribution >= 0.6 is 0 Å². The number of nitrogens with zero attached hydrogens (tertiary/aromatic N) is 1. The monoisotopic (exact) mass is 597 g/mol. The second kappa shape index (κ2) is 10.8. The molecule has 0 aromatic heterocycles. The van der Waals surface area contributed by atoms with Crippen molar-refractivity contribution in [2.45, 2.75) is 23.9 Å². The van der Waals surface area contributed by atoms with Crippen molar-refractivity contribution in [2.24, 2.45) is 0 Å². The summed E-state index contributed by atoms with van der Waals surface area (Å²) in [6.45, 7) is 0. The van der Waals surface area contributed by atoms with Crippen LogP contribution in [0.4, 0.5) is 51.3 Å². The molecular weight excluding hydrogens is 588 g/mol. The molecular formula is C18H9F8N2O10S-. The second-order valence-electron chi connectivity index (χ2n) is 6.87. The Labute approximate surface area is 209 Å². The SMILES string of the molecule is O=C(Nc1ccc(OC(F)(F)F)cc1)Oc1cc(C(=O)OC(C(F)(F)F)C(F)(F)S(=O)(=O)[O-])ccc1[N+](=O)[O-]. The number of amides is 1. The highest BCUT2D eigenvalue weighted by atomic mass is 32.2. The van der Waals surface area contributed by atoms with Gasteiger partial charge in [-0.15, -0.1) is 13.2 Å². The van der Waals surface area contributed by atoms with Crippen molar-refractivity contribution < 1.29 is 76.8 Å². The lowest BCUT2D eigenvalue weighted by atomic mass is 10.2. The van der Waals surface area contributed by atoms with Crippen LogP contribution in [0.5, 0.6) is 11.5 Å². The molecule has 1 atom stereocenters. The third-order valence-electron chi connectivity index (χ3n) is 4.09. The van der Waals surface area contributed by atoms with E-state index < -0.39 is 73.8 Å². The molecule has 0 bridgehead atoms. The molecule has 2 rings (SSSR count). The molecule has 1 N–H and O–H groups in total. The van der Waals surface area contributed by atoms with Crippen LogP contribution in [0.3, 0.4) is 0 Å². The predicted octanol–water partition coefficient (Wildman–Crippen LogP) is 4.33. The van der Waals surface area contributed by atoms with E-state index >= 15 is 0 Å². The van der Waals surface area contributed by atoms with Gasteiger partial charge < -0.3 is 18.8 Å². The summed E-state index contributed by atoms with van der Waals surface area (Å²) in [7, 11) is -7.01. The normalized spacial score (nSPS) is 13.3. The molecule has 39 heavy (non-hydrogen) atoms. The third kappa shape index (κ3) is 8.10. The maximum Gasteiger partial charge on any atom is 0.573 e. The number of nitro groups is 1. The van der Waals surface area contributed by atoms with Gasteiger partial charge in [0.15, 0.2) is 10.1 Å². The lowest BCUT2D eigenvalue weighted by Crippen LogP contribution is -2.52. The van der Waals surface area contributed by atoms with Gasteiger partial charge in [-0.05, 0) is 30.3 Å². The molecule has 0 spiro atoms. The molecule has 0 saturated heterocycles. The molecule has 214 valence electrons. The van der Waals surface area contributed by atoms with Gasteiger partial charge in [0, 0.05) is 17.8 Å². The standard InChI is InChI=1S/C18H10F8N2O10S/c19-16(20,21)14(17(22,23)39(33,34)35)37-13(29)8-1-6-11(28(31)32)12(7-8)36-15(30)27-9-2-4-10(5-3-9)38-18(24,25)26/h1-7,14H,(H,27,30)(H,33,34,35)/p-1. The molecule has 2 aromatic rings. The van der Waals surface area contributed by atoms with Crippen LogP contribution in [-0.4, -0.2) is 53.9 Å². The number of nitrogens with one attached hydrogen (secondary N) is 1. The van der Waals surface area contributed by atoms with Crippen molar-refractivity contribution in [1.29, 1.82) is 0 Å². The fraction of sp³-hybridized carbons (Fsp3) is 0.222. The average Bonchev–Trinajstić information content (AvgIpc) is 2.75. The van der Waals surface area contributed by atoms with Gasteiger partial charge in [0.25, 0.3) is 6.10 Å². The Hall–Kier alpha value is -4.27. The van der Waals surface area contributed by atoms with Crippen molar-refractivity contribution >= 4 is 33.6 Å². The van der Waals surface area contributed by atoms with Crippen LogP contribution in [0.1, 0.15) is 10.4 Å². The fourth-order valence-corrected chi connectivity index (χ4v) is 2.93. The molecule has 0 aliphatic rings. The van der Waals surface area contributed by atoms with E-state index in [9.17, 15) is 67.8 Å². The molecule has 0 fully saturated rings. The van der Waals surface area contributed by atoms with Crippen molar-refractivity contribution in [1.82, 2.24) is 0 Å². The Morgan fingerprint density at radius 1 is 0.949 bits per heavy atom. The summed E-state index contributed by atoms with van der Waals surface area (Å²) >= 11 is 0.